The van der Waals surface area contributed by atoms with Crippen molar-refractivity contribution in [2.45, 2.75) is 224 Å². The van der Waals surface area contributed by atoms with Crippen molar-refractivity contribution in [2.75, 3.05) is 81.6 Å². The fourth-order valence-electron chi connectivity index (χ4n) is 11.4. The lowest BCUT2D eigenvalue weighted by molar-refractivity contribution is -0.120. The molecule has 666 valence electrons. The van der Waals surface area contributed by atoms with E-state index in [2.05, 4.69) is 146 Å². The fourth-order valence-corrected chi connectivity index (χ4v) is 12.0. The smallest absolute Gasteiger partial charge is 0.227 e. The summed E-state index contributed by atoms with van der Waals surface area (Å²) < 4.78 is 20.9. The number of halogens is 4. The first-order valence-electron chi connectivity index (χ1n) is 39.5. The van der Waals surface area contributed by atoms with Crippen LogP contribution in [0, 0.1) is 0 Å². The first-order chi connectivity index (χ1) is 56.3. The third-order valence-electron chi connectivity index (χ3n) is 18.0. The zero-order chi connectivity index (χ0) is 87.4. The van der Waals surface area contributed by atoms with E-state index < -0.39 is 0 Å². The number of nitrogen functional groups attached to an aromatic ring is 1. The summed E-state index contributed by atoms with van der Waals surface area (Å²) in [6.07, 6.45) is 18.9. The van der Waals surface area contributed by atoms with E-state index >= 15 is 0 Å². The van der Waals surface area contributed by atoms with Crippen LogP contribution in [0.15, 0.2) is 110 Å². The number of anilines is 5. The summed E-state index contributed by atoms with van der Waals surface area (Å²) in [5.41, 5.74) is 20.1. The van der Waals surface area contributed by atoms with Gasteiger partial charge in [0.15, 0.2) is 22.6 Å². The summed E-state index contributed by atoms with van der Waals surface area (Å²) in [4.78, 5) is 95.6. The summed E-state index contributed by atoms with van der Waals surface area (Å²) in [5.74, 6) is 5.40. The number of nitrogens with zero attached hydrogens (tertiary/aromatic N) is 12. The van der Waals surface area contributed by atoms with Crippen molar-refractivity contribution in [3.05, 3.63) is 137 Å². The normalized spacial score (nSPS) is 12.3. The number of nitrogens with two attached hydrogens (primary N) is 3. The number of hydrogen-bond acceptors (Lipinski definition) is 27. The number of hydrogen-bond donors (Lipinski definition) is 11. The second-order valence-electron chi connectivity index (χ2n) is 28.6. The molecule has 2 aromatic carbocycles. The average molecular weight is 1760 g/mol. The Kier molecular flexibility index (Phi) is 50.4. The van der Waals surface area contributed by atoms with Crippen molar-refractivity contribution in [1.82, 2.24) is 81.1 Å². The lowest BCUT2D eigenvalue weighted by Gasteiger charge is -2.32. The minimum atomic E-state index is -0.380. The molecule has 10 aromatic rings. The van der Waals surface area contributed by atoms with Gasteiger partial charge >= 0.3 is 0 Å². The van der Waals surface area contributed by atoms with Crippen molar-refractivity contribution in [2.24, 2.45) is 11.5 Å². The minimum Gasteiger partial charge on any atom is -0.497 e. The molecule has 8 heterocycles. The Labute approximate surface area is 735 Å². The highest BCUT2D eigenvalue weighted by molar-refractivity contribution is 6.35. The van der Waals surface area contributed by atoms with Crippen LogP contribution >= 0.6 is 47.2 Å². The summed E-state index contributed by atoms with van der Waals surface area (Å²) in [6.45, 7) is 29.8. The molecule has 14 N–H and O–H groups in total. The number of pyridine rings is 4. The monoisotopic (exact) mass is 1750 g/mol. The standard InChI is InChI=1S/C25H34N6O3.C16H22ClN5O.C16H24N6O.C9H20N2O.C9H13NO2.C7H3Cl2N3.C2H6.2CH4.ClH/c1-6-7-12-25(3,16-28-17(2)32)31-23-20-9-8-13-26-22(20)29-24(30-23)27-15-18-10-11-19(33-4)14-21(18)34-5;2*1-4-5-8-16(3,10-19-11(2)23)22-14-12-7-6-9-18-13(12)20-15(17)21-14;1-4-5-6-9(3,10)7-11-8(2)12;1-11-8-4-3-7(6-10)9(5-8)12-2;8-5-4-2-1-3-10-6(4)12-7(9)11-5;1-2;;;/h8-11,13-14H,6-7,12,15-16H2,1-5H3,(H,28,32)(H2,26,27,29,30,31);6-7,9H,4-5,8,10H2,1-3H3,(H,19,23)(H,18,20,21,22);6-7,9H,4-5,8,10H2,1-3H3,(H,19,23)(H3,17,18,20,21,22);4-7,10H2,1-3H3,(H,11,12);3-5H,6,10H2,1-2H3;1-3H;1-2H3;2*1H4;1H/t25-;2*16-;9-;;;;;;/m1111....../s1. The maximum Gasteiger partial charge on any atom is 0.227 e. The van der Waals surface area contributed by atoms with E-state index in [9.17, 15) is 19.2 Å². The van der Waals surface area contributed by atoms with Gasteiger partial charge in [0, 0.05) is 121 Å². The number of benzene rings is 2. The lowest BCUT2D eigenvalue weighted by Crippen LogP contribution is -2.47. The summed E-state index contributed by atoms with van der Waals surface area (Å²) in [6, 6.07) is 26.1. The zero-order valence-electron chi connectivity index (χ0n) is 72.0. The number of fused-ring (bicyclic) bond motifs is 4. The van der Waals surface area contributed by atoms with Gasteiger partial charge in [0.1, 0.15) is 45.6 Å². The first-order valence-corrected chi connectivity index (χ1v) is 40.6. The maximum absolute atomic E-state index is 11.6. The largest absolute Gasteiger partial charge is 0.497 e. The molecule has 0 saturated carbocycles. The van der Waals surface area contributed by atoms with Crippen molar-refractivity contribution < 1.29 is 38.1 Å². The molecule has 0 unspecified atom stereocenters. The molecule has 0 spiro atoms. The average Bonchev–Trinajstić information content (AvgIpc) is 0.807. The van der Waals surface area contributed by atoms with Crippen molar-refractivity contribution in [1.29, 1.82) is 0 Å². The fraction of sp³-hybridized carbons (Fsp3) is 0.488. The van der Waals surface area contributed by atoms with Gasteiger partial charge in [-0.05, 0) is 143 Å². The Balaban J connectivity index is 0.000000752. The number of amides is 4. The second kappa shape index (κ2) is 56.2. The molecule has 121 heavy (non-hydrogen) atoms. The Morgan fingerprint density at radius 3 is 1.18 bits per heavy atom. The molecule has 31 nitrogen and oxygen atoms in total. The Bertz CT molecular complexity index is 4660. The van der Waals surface area contributed by atoms with Crippen LogP contribution in [0.5, 0.6) is 23.0 Å². The van der Waals surface area contributed by atoms with E-state index in [0.717, 1.165) is 122 Å². The third kappa shape index (κ3) is 38.5. The summed E-state index contributed by atoms with van der Waals surface area (Å²) in [7, 11) is 6.49. The lowest BCUT2D eigenvalue weighted by atomic mass is 9.94. The van der Waals surface area contributed by atoms with Gasteiger partial charge in [-0.15, -0.1) is 12.4 Å². The molecular weight excluding hydrogens is 1620 g/mol. The van der Waals surface area contributed by atoms with Crippen LogP contribution in [0.4, 0.5) is 29.4 Å². The molecule has 0 bridgehead atoms. The molecule has 10 rings (SSSR count). The number of carbonyl (C=O) groups is 4. The number of unbranched alkanes of at least 4 members (excludes halogenated alkanes) is 4. The molecule has 4 atom stereocenters. The predicted octanol–water partition coefficient (Wildman–Crippen LogP) is 16.7. The van der Waals surface area contributed by atoms with E-state index in [1.807, 2.05) is 93.6 Å². The van der Waals surface area contributed by atoms with Crippen LogP contribution < -0.4 is 78.7 Å². The quantitative estimate of drug-likeness (QED) is 0.0132. The van der Waals surface area contributed by atoms with Crippen molar-refractivity contribution >= 4 is 144 Å². The van der Waals surface area contributed by atoms with Gasteiger partial charge in [0.25, 0.3) is 0 Å². The zero-order valence-corrected chi connectivity index (χ0v) is 75.1. The van der Waals surface area contributed by atoms with Gasteiger partial charge in [-0.25, -0.2) is 29.9 Å². The Morgan fingerprint density at radius 1 is 0.438 bits per heavy atom. The van der Waals surface area contributed by atoms with E-state index in [1.54, 1.807) is 65.4 Å². The Hall–Kier alpha value is -10.4. The number of nitrogens with one attached hydrogen (secondary N) is 8. The molecule has 4 amide bonds. The van der Waals surface area contributed by atoms with Crippen LogP contribution in [0.3, 0.4) is 0 Å². The van der Waals surface area contributed by atoms with Crippen LogP contribution in [-0.4, -0.2) is 160 Å². The molecule has 0 radical (unpaired) electrons. The topological polar surface area (TPSA) is 434 Å². The van der Waals surface area contributed by atoms with Crippen LogP contribution in [0.2, 0.25) is 15.7 Å². The van der Waals surface area contributed by atoms with Crippen LogP contribution in [0.25, 0.3) is 44.1 Å². The first kappa shape index (κ1) is 109. The predicted molar refractivity (Wildman–Crippen MR) is 497 cm³/mol. The summed E-state index contributed by atoms with van der Waals surface area (Å²) in [5, 5.41) is 28.9. The van der Waals surface area contributed by atoms with Crippen molar-refractivity contribution in [3.8, 4) is 23.0 Å². The molecule has 0 aliphatic heterocycles. The maximum atomic E-state index is 11.6. The van der Waals surface area contributed by atoms with Crippen LogP contribution in [-0.2, 0) is 32.3 Å². The molecule has 0 aliphatic rings. The SMILES string of the molecule is C.C.CC.CCCC[C@@](C)(N)CNC(C)=O.CCCC[C@](C)(CNC(C)=O)Nc1nc(Cl)nc2ncccc12.CCCC[C@](C)(CNC(C)=O)Nc1nc(N)nc2ncccc12.CCCC[C@](C)(CNC(C)=O)Nc1nc(NCc2ccc(OC)cc2OC)nc2ncccc12.COc1ccc(CN)c(OC)c1.Cl.Clc1nc(Cl)c2cccnc2n1. The van der Waals surface area contributed by atoms with Gasteiger partial charge < -0.3 is 78.7 Å². The number of aromatic nitrogens is 12. The second-order valence-corrected chi connectivity index (χ2v) is 29.7. The van der Waals surface area contributed by atoms with E-state index in [1.165, 1.54) is 27.7 Å². The van der Waals surface area contributed by atoms with Gasteiger partial charge in [-0.1, -0.05) is 125 Å². The van der Waals surface area contributed by atoms with Gasteiger partial charge in [0.05, 0.1) is 66.6 Å². The molecule has 0 aliphatic carbocycles. The highest BCUT2D eigenvalue weighted by Crippen LogP contribution is 2.32. The number of carbonyl (C=O) groups excluding carboxylic acids is 4. The number of ether oxygens (including phenoxy) is 4. The van der Waals surface area contributed by atoms with E-state index in [-0.39, 0.29) is 89.6 Å². The van der Waals surface area contributed by atoms with E-state index in [0.29, 0.717) is 102 Å². The van der Waals surface area contributed by atoms with Gasteiger partial charge in [0.2, 0.25) is 46.1 Å². The van der Waals surface area contributed by atoms with Gasteiger partial charge in [-0.2, -0.15) is 29.9 Å². The molecule has 8 aromatic heterocycles. The minimum absolute atomic E-state index is 0. The third-order valence-corrected chi connectivity index (χ3v) is 18.6. The number of rotatable bonds is 34. The number of methoxy groups -OCH3 is 4. The highest BCUT2D eigenvalue weighted by atomic mass is 35.5. The molecule has 0 saturated heterocycles. The molecular formula is C86H131Cl4N23O8. The van der Waals surface area contributed by atoms with E-state index in [4.69, 9.17) is 75.9 Å². The van der Waals surface area contributed by atoms with Crippen LogP contribution in [0.1, 0.15) is 200 Å². The molecule has 0 fully saturated rings. The summed E-state index contributed by atoms with van der Waals surface area (Å²) >= 11 is 17.4. The van der Waals surface area contributed by atoms with Crippen molar-refractivity contribution in [3.63, 3.8) is 0 Å². The molecule has 35 heteroatoms. The van der Waals surface area contributed by atoms with Gasteiger partial charge in [-0.3, -0.25) is 19.2 Å². The highest BCUT2D eigenvalue weighted by Gasteiger charge is 2.29. The Morgan fingerprint density at radius 2 is 0.785 bits per heavy atom.